The van der Waals surface area contributed by atoms with Gasteiger partial charge in [0.2, 0.25) is 0 Å². The van der Waals surface area contributed by atoms with Crippen molar-refractivity contribution in [2.75, 3.05) is 26.8 Å². The first-order chi connectivity index (χ1) is 9.92. The van der Waals surface area contributed by atoms with Crippen molar-refractivity contribution >= 4 is 0 Å². The van der Waals surface area contributed by atoms with E-state index in [1.807, 2.05) is 0 Å². The number of methoxy groups -OCH3 is 1. The molecular weight excluding hydrogens is 246 g/mol. The molecule has 0 bridgehead atoms. The molecule has 1 N–H and O–H groups in total. The van der Waals surface area contributed by atoms with Crippen LogP contribution in [0.25, 0.3) is 0 Å². The Morgan fingerprint density at radius 2 is 1.80 bits per heavy atom. The first kappa shape index (κ1) is 15.5. The van der Waals surface area contributed by atoms with E-state index in [-0.39, 0.29) is 0 Å². The molecule has 1 saturated carbocycles. The van der Waals surface area contributed by atoms with Gasteiger partial charge < -0.3 is 10.1 Å². The fourth-order valence-corrected chi connectivity index (χ4v) is 3.40. The van der Waals surface area contributed by atoms with Crippen molar-refractivity contribution < 1.29 is 4.74 Å². The third-order valence-electron chi connectivity index (χ3n) is 4.54. The molecule has 2 nitrogen and oxygen atoms in total. The zero-order valence-electron chi connectivity index (χ0n) is 12.8. The van der Waals surface area contributed by atoms with Crippen molar-refractivity contribution in [2.24, 2.45) is 5.92 Å². The Balaban J connectivity index is 1.98. The largest absolute Gasteiger partial charge is 0.383 e. The van der Waals surface area contributed by atoms with E-state index in [0.29, 0.717) is 5.92 Å². The summed E-state index contributed by atoms with van der Waals surface area (Å²) >= 11 is 0. The summed E-state index contributed by atoms with van der Waals surface area (Å²) in [6, 6.07) is 11.1. The average molecular weight is 275 g/mol. The Bertz CT molecular complexity index is 344. The second kappa shape index (κ2) is 9.15. The van der Waals surface area contributed by atoms with E-state index >= 15 is 0 Å². The highest BCUT2D eigenvalue weighted by molar-refractivity contribution is 5.21. The van der Waals surface area contributed by atoms with E-state index in [0.717, 1.165) is 25.6 Å². The normalized spacial score (nSPS) is 18.6. The highest BCUT2D eigenvalue weighted by Crippen LogP contribution is 2.34. The van der Waals surface area contributed by atoms with Crippen molar-refractivity contribution in [1.82, 2.24) is 5.32 Å². The van der Waals surface area contributed by atoms with Crippen LogP contribution in [0.5, 0.6) is 0 Å². The zero-order valence-corrected chi connectivity index (χ0v) is 12.8. The van der Waals surface area contributed by atoms with Gasteiger partial charge in [-0.2, -0.15) is 0 Å². The van der Waals surface area contributed by atoms with Gasteiger partial charge in [0.1, 0.15) is 0 Å². The second-order valence-electron chi connectivity index (χ2n) is 5.97. The quantitative estimate of drug-likeness (QED) is 0.600. The predicted octanol–water partition coefficient (Wildman–Crippen LogP) is 3.98. The number of ether oxygens (including phenoxy) is 1. The summed E-state index contributed by atoms with van der Waals surface area (Å²) in [5, 5.41) is 3.58. The molecule has 1 aliphatic rings. The molecule has 0 aromatic heterocycles. The molecule has 0 amide bonds. The van der Waals surface area contributed by atoms with Gasteiger partial charge in [0.25, 0.3) is 0 Å². The van der Waals surface area contributed by atoms with Gasteiger partial charge in [0.05, 0.1) is 6.61 Å². The van der Waals surface area contributed by atoms with Crippen LogP contribution in [0.4, 0.5) is 0 Å². The molecule has 1 aliphatic carbocycles. The summed E-state index contributed by atoms with van der Waals surface area (Å²) < 4.78 is 5.13. The molecule has 0 radical (unpaired) electrons. The van der Waals surface area contributed by atoms with Crippen LogP contribution in [0, 0.1) is 5.92 Å². The zero-order chi connectivity index (χ0) is 14.0. The van der Waals surface area contributed by atoms with E-state index in [1.165, 1.54) is 44.1 Å². The van der Waals surface area contributed by atoms with Crippen LogP contribution >= 0.6 is 0 Å². The Morgan fingerprint density at radius 3 is 2.45 bits per heavy atom. The fraction of sp³-hybridized carbons (Fsp3) is 0.667. The van der Waals surface area contributed by atoms with Crippen LogP contribution in [0.15, 0.2) is 30.3 Å². The highest BCUT2D eigenvalue weighted by Gasteiger charge is 2.23. The van der Waals surface area contributed by atoms with Crippen molar-refractivity contribution in [2.45, 2.75) is 44.4 Å². The Kier molecular flexibility index (Phi) is 7.10. The van der Waals surface area contributed by atoms with Crippen LogP contribution in [0.3, 0.4) is 0 Å². The standard InChI is InChI=1S/C18H29NO/c1-20-14-13-19-15-18(17-11-7-4-8-12-17)16-9-5-2-3-6-10-16/h4,7-8,11-12,16,18-19H,2-3,5-6,9-10,13-15H2,1H3. The minimum atomic E-state index is 0.658. The van der Waals surface area contributed by atoms with Gasteiger partial charge in [-0.15, -0.1) is 0 Å². The Hall–Kier alpha value is -0.860. The van der Waals surface area contributed by atoms with Crippen molar-refractivity contribution in [3.63, 3.8) is 0 Å². The van der Waals surface area contributed by atoms with Crippen LogP contribution in [0.1, 0.15) is 50.0 Å². The lowest BCUT2D eigenvalue weighted by molar-refractivity contribution is 0.197. The highest BCUT2D eigenvalue weighted by atomic mass is 16.5. The van der Waals surface area contributed by atoms with Crippen molar-refractivity contribution in [3.8, 4) is 0 Å². The fourth-order valence-electron chi connectivity index (χ4n) is 3.40. The molecule has 0 spiro atoms. The number of hydrogen-bond acceptors (Lipinski definition) is 2. The molecule has 20 heavy (non-hydrogen) atoms. The maximum atomic E-state index is 5.13. The first-order valence-corrected chi connectivity index (χ1v) is 8.16. The van der Waals surface area contributed by atoms with Crippen LogP contribution in [-0.4, -0.2) is 26.8 Å². The molecule has 1 aromatic carbocycles. The van der Waals surface area contributed by atoms with Gasteiger partial charge in [-0.25, -0.2) is 0 Å². The summed E-state index contributed by atoms with van der Waals surface area (Å²) in [6.45, 7) is 2.83. The van der Waals surface area contributed by atoms with Gasteiger partial charge in [-0.3, -0.25) is 0 Å². The summed E-state index contributed by atoms with van der Waals surface area (Å²) in [5.74, 6) is 1.50. The minimum absolute atomic E-state index is 0.658. The summed E-state index contributed by atoms with van der Waals surface area (Å²) in [6.07, 6.45) is 8.46. The van der Waals surface area contributed by atoms with E-state index in [2.05, 4.69) is 35.6 Å². The first-order valence-electron chi connectivity index (χ1n) is 8.16. The topological polar surface area (TPSA) is 21.3 Å². The third kappa shape index (κ3) is 4.92. The predicted molar refractivity (Wildman–Crippen MR) is 85.1 cm³/mol. The van der Waals surface area contributed by atoms with Crippen molar-refractivity contribution in [1.29, 1.82) is 0 Å². The van der Waals surface area contributed by atoms with E-state index < -0.39 is 0 Å². The average Bonchev–Trinajstić information content (AvgIpc) is 2.77. The molecule has 1 atom stereocenters. The molecule has 0 heterocycles. The van der Waals surface area contributed by atoms with Gasteiger partial charge in [-0.05, 0) is 30.2 Å². The number of benzene rings is 1. The lowest BCUT2D eigenvalue weighted by Crippen LogP contribution is -2.29. The Labute approximate surface area is 123 Å². The van der Waals surface area contributed by atoms with Crippen LogP contribution in [-0.2, 0) is 4.74 Å². The summed E-state index contributed by atoms with van der Waals surface area (Å²) in [5.41, 5.74) is 1.50. The third-order valence-corrected chi connectivity index (χ3v) is 4.54. The molecule has 0 saturated heterocycles. The number of rotatable bonds is 7. The summed E-state index contributed by atoms with van der Waals surface area (Å²) in [4.78, 5) is 0. The molecule has 1 aromatic rings. The monoisotopic (exact) mass is 275 g/mol. The minimum Gasteiger partial charge on any atom is -0.383 e. The summed E-state index contributed by atoms with van der Waals surface area (Å²) in [7, 11) is 1.77. The van der Waals surface area contributed by atoms with Gasteiger partial charge >= 0.3 is 0 Å². The maximum Gasteiger partial charge on any atom is 0.0587 e. The van der Waals surface area contributed by atoms with Gasteiger partial charge in [0, 0.05) is 20.2 Å². The Morgan fingerprint density at radius 1 is 1.10 bits per heavy atom. The van der Waals surface area contributed by atoms with E-state index in [4.69, 9.17) is 4.74 Å². The molecule has 1 unspecified atom stereocenters. The number of hydrogen-bond donors (Lipinski definition) is 1. The van der Waals surface area contributed by atoms with Crippen LogP contribution in [0.2, 0.25) is 0 Å². The lowest BCUT2D eigenvalue weighted by Gasteiger charge is -2.27. The van der Waals surface area contributed by atoms with Crippen molar-refractivity contribution in [3.05, 3.63) is 35.9 Å². The van der Waals surface area contributed by atoms with Gasteiger partial charge in [-0.1, -0.05) is 56.0 Å². The molecule has 0 aliphatic heterocycles. The molecule has 2 heteroatoms. The molecule has 1 fully saturated rings. The molecule has 2 rings (SSSR count). The smallest absolute Gasteiger partial charge is 0.0587 e. The van der Waals surface area contributed by atoms with E-state index in [1.54, 1.807) is 7.11 Å². The molecule has 112 valence electrons. The lowest BCUT2D eigenvalue weighted by atomic mass is 9.81. The van der Waals surface area contributed by atoms with E-state index in [9.17, 15) is 0 Å². The maximum absolute atomic E-state index is 5.13. The van der Waals surface area contributed by atoms with Gasteiger partial charge in [0.15, 0.2) is 0 Å². The SMILES string of the molecule is COCCNCC(c1ccccc1)C1CCCCCC1. The second-order valence-corrected chi connectivity index (χ2v) is 5.97. The molecular formula is C18H29NO. The number of nitrogens with one attached hydrogen (secondary N) is 1. The van der Waals surface area contributed by atoms with Crippen LogP contribution < -0.4 is 5.32 Å².